The Kier molecular flexibility index (Phi) is 6.72. The predicted molar refractivity (Wildman–Crippen MR) is 140 cm³/mol. The molecule has 9 heteroatoms. The Labute approximate surface area is 220 Å². The van der Waals surface area contributed by atoms with Gasteiger partial charge in [0.25, 0.3) is 0 Å². The number of ether oxygens (including phenoxy) is 2. The van der Waals surface area contributed by atoms with Crippen LogP contribution in [-0.2, 0) is 26.7 Å². The summed E-state index contributed by atoms with van der Waals surface area (Å²) in [4.78, 5) is 24.0. The first-order chi connectivity index (χ1) is 17.7. The molecule has 6 rings (SSSR count). The van der Waals surface area contributed by atoms with Crippen molar-refractivity contribution in [3.05, 3.63) is 70.9 Å². The van der Waals surface area contributed by atoms with Gasteiger partial charge in [0.1, 0.15) is 11.9 Å². The predicted octanol–water partition coefficient (Wildman–Crippen LogP) is 6.11. The second-order valence-corrected chi connectivity index (χ2v) is 10.5. The van der Waals surface area contributed by atoms with Gasteiger partial charge in [-0.15, -0.1) is 0 Å². The summed E-state index contributed by atoms with van der Waals surface area (Å²) in [6, 6.07) is 15.5. The highest BCUT2D eigenvalue weighted by atomic mass is 35.5. The van der Waals surface area contributed by atoms with Crippen LogP contribution in [0.25, 0.3) is 11.1 Å². The fourth-order valence-electron chi connectivity index (χ4n) is 5.59. The minimum absolute atomic E-state index is 0.0679. The number of aliphatic carboxylic acids is 1. The highest BCUT2D eigenvalue weighted by Crippen LogP contribution is 2.51. The number of aryl methyl sites for hydroxylation is 1. The standard InChI is InChI=1S/C28H30ClN3O5/c1-18(21-5-3-4-6-23(21)29)37-26(35)31-25-22(16-30-32(25)2)19-7-9-20(10-8-19)27-11-13-28(14-12-27,36-17-27)15-24(33)34/h3-10,16,18H,11-15,17H2,1-2H3,(H,31,35)(H,33,34)/t18-,27?,28?/m1/s1. The normalized spacial score (nSPS) is 23.4. The Hall–Kier alpha value is -3.36. The fraction of sp³-hybridized carbons (Fsp3) is 0.393. The summed E-state index contributed by atoms with van der Waals surface area (Å²) in [5.74, 6) is -0.277. The van der Waals surface area contributed by atoms with Gasteiger partial charge in [0.15, 0.2) is 0 Å². The van der Waals surface area contributed by atoms with Gasteiger partial charge in [0.2, 0.25) is 0 Å². The van der Waals surface area contributed by atoms with E-state index >= 15 is 0 Å². The third-order valence-electron chi connectivity index (χ3n) is 7.84. The SMILES string of the molecule is C[C@@H](OC(=O)Nc1c(-c2ccc(C34CCC(CC(=O)O)(CC3)OC4)cc2)cnn1C)c1ccccc1Cl. The summed E-state index contributed by atoms with van der Waals surface area (Å²) < 4.78 is 13.3. The van der Waals surface area contributed by atoms with Crippen LogP contribution in [0.5, 0.6) is 0 Å². The largest absolute Gasteiger partial charge is 0.481 e. The van der Waals surface area contributed by atoms with Crippen molar-refractivity contribution in [2.24, 2.45) is 7.05 Å². The van der Waals surface area contributed by atoms with E-state index < -0.39 is 23.8 Å². The summed E-state index contributed by atoms with van der Waals surface area (Å²) in [7, 11) is 1.76. The van der Waals surface area contributed by atoms with Gasteiger partial charge in [-0.1, -0.05) is 54.1 Å². The number of anilines is 1. The van der Waals surface area contributed by atoms with E-state index in [-0.39, 0.29) is 11.8 Å². The van der Waals surface area contributed by atoms with Crippen molar-refractivity contribution >= 4 is 29.5 Å². The molecule has 3 aromatic rings. The van der Waals surface area contributed by atoms with Crippen LogP contribution in [0.3, 0.4) is 0 Å². The summed E-state index contributed by atoms with van der Waals surface area (Å²) in [6.07, 6.45) is 4.00. The molecular formula is C28H30ClN3O5. The van der Waals surface area contributed by atoms with Crippen molar-refractivity contribution in [3.63, 3.8) is 0 Å². The van der Waals surface area contributed by atoms with Crippen LogP contribution in [0.1, 0.15) is 56.3 Å². The molecule has 2 bridgehead atoms. The van der Waals surface area contributed by atoms with Crippen LogP contribution in [0.15, 0.2) is 54.7 Å². The van der Waals surface area contributed by atoms with E-state index in [0.717, 1.165) is 42.4 Å². The molecule has 1 saturated carbocycles. The van der Waals surface area contributed by atoms with Crippen LogP contribution in [-0.4, -0.2) is 39.2 Å². The number of amides is 1. The number of nitrogens with one attached hydrogen (secondary N) is 1. The molecule has 2 aliphatic heterocycles. The molecule has 37 heavy (non-hydrogen) atoms. The maximum Gasteiger partial charge on any atom is 0.413 e. The lowest BCUT2D eigenvalue weighted by atomic mass is 9.62. The van der Waals surface area contributed by atoms with Crippen molar-refractivity contribution < 1.29 is 24.2 Å². The molecule has 8 nitrogen and oxygen atoms in total. The Morgan fingerprint density at radius 3 is 2.49 bits per heavy atom. The quantitative estimate of drug-likeness (QED) is 0.387. The van der Waals surface area contributed by atoms with Gasteiger partial charge >= 0.3 is 12.1 Å². The van der Waals surface area contributed by atoms with E-state index in [2.05, 4.69) is 22.5 Å². The monoisotopic (exact) mass is 523 g/mol. The third kappa shape index (κ3) is 4.95. The number of hydrogen-bond acceptors (Lipinski definition) is 5. The Morgan fingerprint density at radius 1 is 1.16 bits per heavy atom. The van der Waals surface area contributed by atoms with Gasteiger partial charge < -0.3 is 14.6 Å². The number of halogens is 1. The number of hydrogen-bond donors (Lipinski definition) is 2. The maximum absolute atomic E-state index is 12.7. The third-order valence-corrected chi connectivity index (χ3v) is 8.19. The number of aromatic nitrogens is 2. The smallest absolute Gasteiger partial charge is 0.413 e. The van der Waals surface area contributed by atoms with E-state index in [1.807, 2.05) is 30.3 Å². The molecule has 1 aliphatic carbocycles. The topological polar surface area (TPSA) is 103 Å². The number of fused-ring (bicyclic) bond motifs is 3. The number of carbonyl (C=O) groups is 2. The van der Waals surface area contributed by atoms with Crippen LogP contribution >= 0.6 is 11.6 Å². The Balaban J connectivity index is 1.29. The van der Waals surface area contributed by atoms with E-state index in [9.17, 15) is 14.7 Å². The first-order valence-corrected chi connectivity index (χ1v) is 12.8. The summed E-state index contributed by atoms with van der Waals surface area (Å²) in [5.41, 5.74) is 3.00. The molecule has 0 radical (unpaired) electrons. The van der Waals surface area contributed by atoms with Crippen molar-refractivity contribution in [1.82, 2.24) is 9.78 Å². The molecular weight excluding hydrogens is 494 g/mol. The Morgan fingerprint density at radius 2 is 1.86 bits per heavy atom. The molecule has 1 amide bonds. The zero-order chi connectivity index (χ0) is 26.2. The number of rotatable bonds is 7. The van der Waals surface area contributed by atoms with Crippen molar-refractivity contribution in [1.29, 1.82) is 0 Å². The highest BCUT2D eigenvalue weighted by Gasteiger charge is 2.51. The molecule has 194 valence electrons. The molecule has 2 aromatic carbocycles. The van der Waals surface area contributed by atoms with Gasteiger partial charge in [-0.3, -0.25) is 14.8 Å². The average molecular weight is 524 g/mol. The number of carboxylic acids is 1. The van der Waals surface area contributed by atoms with E-state index in [1.54, 1.807) is 30.9 Å². The van der Waals surface area contributed by atoms with Crippen LogP contribution in [0.4, 0.5) is 10.6 Å². The number of carbonyl (C=O) groups excluding carboxylic acids is 1. The summed E-state index contributed by atoms with van der Waals surface area (Å²) >= 11 is 6.24. The van der Waals surface area contributed by atoms with Crippen molar-refractivity contribution in [3.8, 4) is 11.1 Å². The van der Waals surface area contributed by atoms with Crippen LogP contribution in [0.2, 0.25) is 5.02 Å². The number of nitrogens with zero attached hydrogens (tertiary/aromatic N) is 2. The van der Waals surface area contributed by atoms with Crippen molar-refractivity contribution in [2.45, 2.75) is 56.1 Å². The van der Waals surface area contributed by atoms with E-state index in [4.69, 9.17) is 21.1 Å². The second-order valence-electron chi connectivity index (χ2n) is 10.1. The Bertz CT molecular complexity index is 1300. The minimum Gasteiger partial charge on any atom is -0.481 e. The van der Waals surface area contributed by atoms with Crippen LogP contribution in [0, 0.1) is 0 Å². The van der Waals surface area contributed by atoms with Gasteiger partial charge in [-0.25, -0.2) is 4.79 Å². The lowest BCUT2D eigenvalue weighted by Gasteiger charge is -2.53. The maximum atomic E-state index is 12.7. The van der Waals surface area contributed by atoms with Crippen LogP contribution < -0.4 is 5.32 Å². The van der Waals surface area contributed by atoms with Gasteiger partial charge in [0.05, 0.1) is 24.8 Å². The van der Waals surface area contributed by atoms with E-state index in [1.165, 1.54) is 5.56 Å². The first kappa shape index (κ1) is 25.3. The molecule has 0 spiro atoms. The van der Waals surface area contributed by atoms with Gasteiger partial charge in [-0.05, 0) is 49.8 Å². The zero-order valence-corrected chi connectivity index (χ0v) is 21.6. The molecule has 3 fully saturated rings. The van der Waals surface area contributed by atoms with E-state index in [0.29, 0.717) is 17.4 Å². The lowest BCUT2D eigenvalue weighted by Crippen LogP contribution is -2.54. The minimum atomic E-state index is -0.804. The second kappa shape index (κ2) is 9.84. The zero-order valence-electron chi connectivity index (χ0n) is 20.9. The number of benzene rings is 2. The molecule has 2 N–H and O–H groups in total. The molecule has 1 atom stereocenters. The molecule has 1 aromatic heterocycles. The molecule has 3 aliphatic rings. The first-order valence-electron chi connectivity index (χ1n) is 12.4. The number of carboxylic acid groups (broad SMARTS) is 1. The molecule has 0 unspecified atom stereocenters. The van der Waals surface area contributed by atoms with Gasteiger partial charge in [0, 0.05) is 28.6 Å². The highest BCUT2D eigenvalue weighted by molar-refractivity contribution is 6.31. The average Bonchev–Trinajstić information content (AvgIpc) is 3.24. The lowest BCUT2D eigenvalue weighted by molar-refractivity contribution is -0.174. The summed E-state index contributed by atoms with van der Waals surface area (Å²) in [5, 5.41) is 17.0. The molecule has 2 saturated heterocycles. The summed E-state index contributed by atoms with van der Waals surface area (Å²) in [6.45, 7) is 2.31. The molecule has 3 heterocycles. The fourth-order valence-corrected chi connectivity index (χ4v) is 5.88. The van der Waals surface area contributed by atoms with Gasteiger partial charge in [-0.2, -0.15) is 5.10 Å². The van der Waals surface area contributed by atoms with Crippen molar-refractivity contribution in [2.75, 3.05) is 11.9 Å².